The van der Waals surface area contributed by atoms with Crippen LogP contribution in [0, 0.1) is 6.92 Å². The fraction of sp³-hybridized carbons (Fsp3) is 0.120. The Balaban J connectivity index is 1.46. The molecule has 0 atom stereocenters. The van der Waals surface area contributed by atoms with Crippen molar-refractivity contribution in [3.63, 3.8) is 0 Å². The standard InChI is InChI=1S/C25H21ClN2O4S/c1-17-23(16-33(30,31)21-8-3-2-4-9-21)28-25(32-17)19-13-11-18(12-14-19)24(29)27-15-20-7-5-6-10-22(20)26/h2-14H,15-16H2,1H3,(H,27,29). The second-order valence-electron chi connectivity index (χ2n) is 7.45. The molecule has 1 aromatic heterocycles. The molecule has 0 unspecified atom stereocenters. The fourth-order valence-electron chi connectivity index (χ4n) is 3.26. The van der Waals surface area contributed by atoms with Gasteiger partial charge in [0.15, 0.2) is 9.84 Å². The van der Waals surface area contributed by atoms with Crippen molar-refractivity contribution in [3.05, 3.63) is 106 Å². The minimum absolute atomic E-state index is 0.236. The van der Waals surface area contributed by atoms with E-state index < -0.39 is 9.84 Å². The number of benzene rings is 3. The molecule has 0 radical (unpaired) electrons. The first kappa shape index (κ1) is 22.8. The molecule has 0 aliphatic heterocycles. The van der Waals surface area contributed by atoms with E-state index in [1.165, 1.54) is 0 Å². The van der Waals surface area contributed by atoms with Gasteiger partial charge < -0.3 is 9.73 Å². The van der Waals surface area contributed by atoms with E-state index in [-0.39, 0.29) is 16.6 Å². The van der Waals surface area contributed by atoms with Gasteiger partial charge in [-0.15, -0.1) is 0 Å². The number of carbonyl (C=O) groups excluding carboxylic acids is 1. The van der Waals surface area contributed by atoms with Crippen LogP contribution in [-0.2, 0) is 22.1 Å². The van der Waals surface area contributed by atoms with Gasteiger partial charge in [-0.1, -0.05) is 48.0 Å². The summed E-state index contributed by atoms with van der Waals surface area (Å²) in [5, 5.41) is 3.44. The molecule has 33 heavy (non-hydrogen) atoms. The number of sulfone groups is 1. The van der Waals surface area contributed by atoms with Gasteiger partial charge in [-0.25, -0.2) is 13.4 Å². The predicted molar refractivity (Wildman–Crippen MR) is 127 cm³/mol. The van der Waals surface area contributed by atoms with Gasteiger partial charge in [0.25, 0.3) is 5.91 Å². The minimum atomic E-state index is -3.54. The van der Waals surface area contributed by atoms with Crippen LogP contribution in [0.4, 0.5) is 0 Å². The second kappa shape index (κ2) is 9.60. The van der Waals surface area contributed by atoms with Crippen LogP contribution in [0.2, 0.25) is 5.02 Å². The molecule has 3 aromatic carbocycles. The summed E-state index contributed by atoms with van der Waals surface area (Å²) in [5.74, 6) is 0.245. The maximum atomic E-state index is 12.7. The molecule has 0 spiro atoms. The predicted octanol–water partition coefficient (Wildman–Crippen LogP) is 5.21. The monoisotopic (exact) mass is 480 g/mol. The highest BCUT2D eigenvalue weighted by molar-refractivity contribution is 7.90. The summed E-state index contributed by atoms with van der Waals surface area (Å²) in [6.07, 6.45) is 0. The van der Waals surface area contributed by atoms with Crippen LogP contribution < -0.4 is 5.32 Å². The highest BCUT2D eigenvalue weighted by Crippen LogP contribution is 2.25. The van der Waals surface area contributed by atoms with Gasteiger partial charge in [0.2, 0.25) is 5.89 Å². The van der Waals surface area contributed by atoms with Gasteiger partial charge in [0, 0.05) is 22.7 Å². The van der Waals surface area contributed by atoms with E-state index in [0.29, 0.717) is 40.0 Å². The van der Waals surface area contributed by atoms with Gasteiger partial charge in [-0.3, -0.25) is 4.79 Å². The summed E-state index contributed by atoms with van der Waals surface area (Å²) in [5.41, 5.74) is 2.30. The van der Waals surface area contributed by atoms with Gasteiger partial charge in [0.1, 0.15) is 11.5 Å². The molecule has 0 aliphatic carbocycles. The second-order valence-corrected chi connectivity index (χ2v) is 9.84. The first-order valence-electron chi connectivity index (χ1n) is 10.2. The van der Waals surface area contributed by atoms with Crippen molar-refractivity contribution < 1.29 is 17.6 Å². The van der Waals surface area contributed by atoms with E-state index in [4.69, 9.17) is 16.0 Å². The van der Waals surface area contributed by atoms with E-state index >= 15 is 0 Å². The smallest absolute Gasteiger partial charge is 0.251 e. The quantitative estimate of drug-likeness (QED) is 0.392. The third-order valence-electron chi connectivity index (χ3n) is 5.11. The van der Waals surface area contributed by atoms with E-state index in [1.54, 1.807) is 67.6 Å². The van der Waals surface area contributed by atoms with Crippen molar-refractivity contribution in [1.29, 1.82) is 0 Å². The summed E-state index contributed by atoms with van der Waals surface area (Å²) in [6.45, 7) is 2.00. The Labute approximate surface area is 197 Å². The molecular formula is C25H21ClN2O4S. The number of nitrogens with zero attached hydrogens (tertiary/aromatic N) is 1. The van der Waals surface area contributed by atoms with Crippen LogP contribution in [0.5, 0.6) is 0 Å². The topological polar surface area (TPSA) is 89.3 Å². The molecule has 1 amide bonds. The molecule has 0 aliphatic rings. The molecule has 4 rings (SSSR count). The molecule has 6 nitrogen and oxygen atoms in total. The highest BCUT2D eigenvalue weighted by Gasteiger charge is 2.21. The van der Waals surface area contributed by atoms with Crippen LogP contribution in [0.1, 0.15) is 27.4 Å². The van der Waals surface area contributed by atoms with Crippen LogP contribution in [0.3, 0.4) is 0 Å². The molecule has 0 saturated carbocycles. The number of amides is 1. The SMILES string of the molecule is Cc1oc(-c2ccc(C(=O)NCc3ccccc3Cl)cc2)nc1CS(=O)(=O)c1ccccc1. The van der Waals surface area contributed by atoms with Gasteiger partial charge in [0.05, 0.1) is 10.6 Å². The lowest BCUT2D eigenvalue weighted by atomic mass is 10.1. The Kier molecular flexibility index (Phi) is 6.62. The molecule has 0 fully saturated rings. The van der Waals surface area contributed by atoms with E-state index in [9.17, 15) is 13.2 Å². The van der Waals surface area contributed by atoms with E-state index in [0.717, 1.165) is 5.56 Å². The third kappa shape index (κ3) is 5.32. The first-order valence-corrected chi connectivity index (χ1v) is 12.2. The Morgan fingerprint density at radius 3 is 2.33 bits per heavy atom. The van der Waals surface area contributed by atoms with Crippen molar-refractivity contribution in [1.82, 2.24) is 10.3 Å². The number of oxazole rings is 1. The number of carbonyl (C=O) groups is 1. The summed E-state index contributed by atoms with van der Waals surface area (Å²) in [4.78, 5) is 17.1. The Hall–Kier alpha value is -3.42. The lowest BCUT2D eigenvalue weighted by Crippen LogP contribution is -2.22. The fourth-order valence-corrected chi connectivity index (χ4v) is 4.83. The zero-order chi connectivity index (χ0) is 23.4. The Morgan fingerprint density at radius 2 is 1.64 bits per heavy atom. The van der Waals surface area contributed by atoms with Crippen molar-refractivity contribution in [3.8, 4) is 11.5 Å². The van der Waals surface area contributed by atoms with Crippen LogP contribution in [0.25, 0.3) is 11.5 Å². The van der Waals surface area contributed by atoms with Gasteiger partial charge >= 0.3 is 0 Å². The molecule has 0 bridgehead atoms. The Bertz CT molecular complexity index is 1380. The highest BCUT2D eigenvalue weighted by atomic mass is 35.5. The molecule has 1 N–H and O–H groups in total. The number of aromatic nitrogens is 1. The van der Waals surface area contributed by atoms with E-state index in [1.807, 2.05) is 18.2 Å². The van der Waals surface area contributed by atoms with Crippen LogP contribution >= 0.6 is 11.6 Å². The van der Waals surface area contributed by atoms with E-state index in [2.05, 4.69) is 10.3 Å². The van der Waals surface area contributed by atoms with Crippen molar-refractivity contribution in [2.75, 3.05) is 0 Å². The molecular weight excluding hydrogens is 460 g/mol. The average Bonchev–Trinajstić information content (AvgIpc) is 3.18. The largest absolute Gasteiger partial charge is 0.441 e. The zero-order valence-electron chi connectivity index (χ0n) is 17.8. The maximum absolute atomic E-state index is 12.7. The van der Waals surface area contributed by atoms with Gasteiger partial charge in [-0.05, 0) is 55.0 Å². The lowest BCUT2D eigenvalue weighted by Gasteiger charge is -2.07. The summed E-state index contributed by atoms with van der Waals surface area (Å²) in [6, 6.07) is 22.3. The molecule has 8 heteroatoms. The number of rotatable bonds is 7. The van der Waals surface area contributed by atoms with Crippen molar-refractivity contribution >= 4 is 27.3 Å². The summed E-state index contributed by atoms with van der Waals surface area (Å²) < 4.78 is 31.1. The number of hydrogen-bond donors (Lipinski definition) is 1. The van der Waals surface area contributed by atoms with Crippen molar-refractivity contribution in [2.45, 2.75) is 24.1 Å². The number of hydrogen-bond acceptors (Lipinski definition) is 5. The van der Waals surface area contributed by atoms with Crippen LogP contribution in [0.15, 0.2) is 88.2 Å². The summed E-state index contributed by atoms with van der Waals surface area (Å²) >= 11 is 6.13. The lowest BCUT2D eigenvalue weighted by molar-refractivity contribution is 0.0951. The third-order valence-corrected chi connectivity index (χ3v) is 7.13. The normalized spacial score (nSPS) is 11.3. The first-order chi connectivity index (χ1) is 15.8. The van der Waals surface area contributed by atoms with Gasteiger partial charge in [-0.2, -0.15) is 0 Å². The molecule has 0 saturated heterocycles. The molecule has 168 valence electrons. The zero-order valence-corrected chi connectivity index (χ0v) is 19.4. The Morgan fingerprint density at radius 1 is 0.970 bits per heavy atom. The average molecular weight is 481 g/mol. The van der Waals surface area contributed by atoms with Crippen LogP contribution in [-0.4, -0.2) is 19.3 Å². The molecule has 4 aromatic rings. The molecule has 1 heterocycles. The number of nitrogens with one attached hydrogen (secondary N) is 1. The van der Waals surface area contributed by atoms with Crippen molar-refractivity contribution in [2.24, 2.45) is 0 Å². The number of halogens is 1. The maximum Gasteiger partial charge on any atom is 0.251 e. The number of aryl methyl sites for hydroxylation is 1. The summed E-state index contributed by atoms with van der Waals surface area (Å²) in [7, 11) is -3.54. The minimum Gasteiger partial charge on any atom is -0.441 e.